The quantitative estimate of drug-likeness (QED) is 0.827. The molecule has 1 heterocycles. The minimum Gasteiger partial charge on any atom is -0.316 e. The number of aryl methyl sites for hydroxylation is 1. The molecule has 0 aromatic carbocycles. The summed E-state index contributed by atoms with van der Waals surface area (Å²) in [6, 6.07) is 3.04. The van der Waals surface area contributed by atoms with E-state index in [9.17, 15) is 0 Å². The third-order valence-corrected chi connectivity index (χ3v) is 5.01. The first-order valence-corrected chi connectivity index (χ1v) is 7.84. The topological polar surface area (TPSA) is 12.0 Å². The van der Waals surface area contributed by atoms with Crippen LogP contribution in [0.5, 0.6) is 0 Å². The largest absolute Gasteiger partial charge is 0.316 e. The summed E-state index contributed by atoms with van der Waals surface area (Å²) in [7, 11) is 2.13. The van der Waals surface area contributed by atoms with Crippen LogP contribution in [0, 0.1) is 5.92 Å². The molecule has 2 heteroatoms. The molecule has 1 aliphatic carbocycles. The number of thiophene rings is 1. The van der Waals surface area contributed by atoms with Crippen molar-refractivity contribution in [1.29, 1.82) is 0 Å². The fourth-order valence-electron chi connectivity index (χ4n) is 3.00. The number of likely N-dealkylation sites (N-methyl/N-ethyl adjacent to an activating group) is 1. The molecule has 1 N–H and O–H groups in total. The Balaban J connectivity index is 2.06. The molecule has 0 saturated heterocycles. The lowest BCUT2D eigenvalue weighted by Crippen LogP contribution is -2.34. The number of nitrogens with one attached hydrogen (secondary N) is 1. The van der Waals surface area contributed by atoms with Crippen molar-refractivity contribution in [2.45, 2.75) is 57.9 Å². The van der Waals surface area contributed by atoms with E-state index in [1.165, 1.54) is 32.1 Å². The minimum atomic E-state index is 0.672. The van der Waals surface area contributed by atoms with Gasteiger partial charge < -0.3 is 5.32 Å². The van der Waals surface area contributed by atoms with Gasteiger partial charge in [0.1, 0.15) is 0 Å². The molecule has 1 aliphatic rings. The Kier molecular flexibility index (Phi) is 4.63. The highest BCUT2D eigenvalue weighted by molar-refractivity contribution is 7.10. The van der Waals surface area contributed by atoms with Crippen molar-refractivity contribution in [3.63, 3.8) is 0 Å². The van der Waals surface area contributed by atoms with E-state index in [1.54, 1.807) is 10.4 Å². The van der Waals surface area contributed by atoms with E-state index < -0.39 is 0 Å². The Bertz CT molecular complexity index is 342. The monoisotopic (exact) mass is 251 g/mol. The Labute approximate surface area is 110 Å². The Morgan fingerprint density at radius 2 is 2.24 bits per heavy atom. The summed E-state index contributed by atoms with van der Waals surface area (Å²) in [6.45, 7) is 4.65. The molecule has 96 valence electrons. The van der Waals surface area contributed by atoms with Crippen LogP contribution >= 0.6 is 11.3 Å². The van der Waals surface area contributed by atoms with Gasteiger partial charge >= 0.3 is 0 Å². The molecule has 0 spiro atoms. The van der Waals surface area contributed by atoms with Crippen LogP contribution in [0.2, 0.25) is 0 Å². The SMILES string of the molecule is CNC(CCC(C)C)C1CCCc2sccc21. The highest BCUT2D eigenvalue weighted by Crippen LogP contribution is 2.38. The molecule has 1 nitrogen and oxygen atoms in total. The van der Waals surface area contributed by atoms with Crippen molar-refractivity contribution in [2.24, 2.45) is 5.92 Å². The van der Waals surface area contributed by atoms with Crippen molar-refractivity contribution in [3.05, 3.63) is 21.9 Å². The molecule has 0 bridgehead atoms. The summed E-state index contributed by atoms with van der Waals surface area (Å²) >= 11 is 1.95. The normalized spacial score (nSPS) is 21.5. The van der Waals surface area contributed by atoms with E-state index >= 15 is 0 Å². The van der Waals surface area contributed by atoms with Crippen LogP contribution in [0.4, 0.5) is 0 Å². The van der Waals surface area contributed by atoms with Gasteiger partial charge in [0, 0.05) is 16.8 Å². The van der Waals surface area contributed by atoms with Crippen molar-refractivity contribution < 1.29 is 0 Å². The van der Waals surface area contributed by atoms with Gasteiger partial charge in [0.05, 0.1) is 0 Å². The zero-order valence-electron chi connectivity index (χ0n) is 11.3. The number of hydrogen-bond acceptors (Lipinski definition) is 2. The van der Waals surface area contributed by atoms with Crippen molar-refractivity contribution in [2.75, 3.05) is 7.05 Å². The first kappa shape index (κ1) is 13.1. The van der Waals surface area contributed by atoms with Gasteiger partial charge in [-0.1, -0.05) is 13.8 Å². The van der Waals surface area contributed by atoms with E-state index in [-0.39, 0.29) is 0 Å². The van der Waals surface area contributed by atoms with Gasteiger partial charge in [-0.3, -0.25) is 0 Å². The van der Waals surface area contributed by atoms with Gasteiger partial charge in [-0.2, -0.15) is 0 Å². The van der Waals surface area contributed by atoms with Crippen molar-refractivity contribution in [1.82, 2.24) is 5.32 Å². The van der Waals surface area contributed by atoms with Gasteiger partial charge in [-0.25, -0.2) is 0 Å². The molecule has 2 atom stereocenters. The molecule has 1 aromatic heterocycles. The van der Waals surface area contributed by atoms with Gasteiger partial charge in [-0.15, -0.1) is 11.3 Å². The second kappa shape index (κ2) is 6.01. The average Bonchev–Trinajstić information content (AvgIpc) is 2.78. The van der Waals surface area contributed by atoms with Crippen LogP contribution < -0.4 is 5.32 Å². The first-order chi connectivity index (χ1) is 8.22. The molecular weight excluding hydrogens is 226 g/mol. The van der Waals surface area contributed by atoms with E-state index in [0.29, 0.717) is 6.04 Å². The summed E-state index contributed by atoms with van der Waals surface area (Å²) in [5.74, 6) is 1.57. The maximum Gasteiger partial charge on any atom is 0.0133 e. The minimum absolute atomic E-state index is 0.672. The van der Waals surface area contributed by atoms with Gasteiger partial charge in [-0.05, 0) is 62.1 Å². The molecule has 0 saturated carbocycles. The summed E-state index contributed by atoms with van der Waals surface area (Å²) in [4.78, 5) is 1.64. The summed E-state index contributed by atoms with van der Waals surface area (Å²) in [6.07, 6.45) is 6.70. The maximum absolute atomic E-state index is 3.56. The number of rotatable bonds is 5. The number of fused-ring (bicyclic) bond motifs is 1. The van der Waals surface area contributed by atoms with Crippen LogP contribution in [0.25, 0.3) is 0 Å². The van der Waals surface area contributed by atoms with E-state index in [2.05, 4.69) is 37.7 Å². The fourth-order valence-corrected chi connectivity index (χ4v) is 4.00. The highest BCUT2D eigenvalue weighted by atomic mass is 32.1. The van der Waals surface area contributed by atoms with E-state index in [0.717, 1.165) is 11.8 Å². The Morgan fingerprint density at radius 1 is 1.41 bits per heavy atom. The van der Waals surface area contributed by atoms with Crippen molar-refractivity contribution in [3.8, 4) is 0 Å². The van der Waals surface area contributed by atoms with Crippen LogP contribution in [-0.4, -0.2) is 13.1 Å². The van der Waals surface area contributed by atoms with Crippen LogP contribution in [0.1, 0.15) is 55.9 Å². The third kappa shape index (κ3) is 3.11. The smallest absolute Gasteiger partial charge is 0.0133 e. The third-order valence-electron chi connectivity index (χ3n) is 4.01. The second-order valence-electron chi connectivity index (χ2n) is 5.66. The summed E-state index contributed by atoms with van der Waals surface area (Å²) in [5.41, 5.74) is 1.64. The molecule has 1 aromatic rings. The fraction of sp³-hybridized carbons (Fsp3) is 0.733. The Hall–Kier alpha value is -0.340. The van der Waals surface area contributed by atoms with Crippen molar-refractivity contribution >= 4 is 11.3 Å². The molecule has 17 heavy (non-hydrogen) atoms. The van der Waals surface area contributed by atoms with Crippen LogP contribution in [0.3, 0.4) is 0 Å². The lowest BCUT2D eigenvalue weighted by Gasteiger charge is -2.31. The highest BCUT2D eigenvalue weighted by Gasteiger charge is 2.27. The molecular formula is C15H25NS. The van der Waals surface area contributed by atoms with Crippen LogP contribution in [-0.2, 0) is 6.42 Å². The molecule has 0 radical (unpaired) electrons. The molecule has 0 aliphatic heterocycles. The maximum atomic E-state index is 3.56. The zero-order chi connectivity index (χ0) is 12.3. The molecule has 2 rings (SSSR count). The zero-order valence-corrected chi connectivity index (χ0v) is 12.1. The summed E-state index contributed by atoms with van der Waals surface area (Å²) in [5, 5.41) is 5.84. The molecule has 2 unspecified atom stereocenters. The van der Waals surface area contributed by atoms with Gasteiger partial charge in [0.2, 0.25) is 0 Å². The van der Waals surface area contributed by atoms with E-state index in [4.69, 9.17) is 0 Å². The van der Waals surface area contributed by atoms with Crippen LogP contribution in [0.15, 0.2) is 11.4 Å². The standard InChI is InChI=1S/C15H25NS/c1-11(2)7-8-14(16-3)12-5-4-6-15-13(12)9-10-17-15/h9-12,14,16H,4-8H2,1-3H3. The summed E-state index contributed by atoms with van der Waals surface area (Å²) < 4.78 is 0. The van der Waals surface area contributed by atoms with Gasteiger partial charge in [0.25, 0.3) is 0 Å². The average molecular weight is 251 g/mol. The Morgan fingerprint density at radius 3 is 2.94 bits per heavy atom. The van der Waals surface area contributed by atoms with E-state index in [1.807, 2.05) is 11.3 Å². The lowest BCUT2D eigenvalue weighted by atomic mass is 9.80. The second-order valence-corrected chi connectivity index (χ2v) is 6.66. The lowest BCUT2D eigenvalue weighted by molar-refractivity contribution is 0.368. The molecule has 0 amide bonds. The predicted octanol–water partition coefficient (Wildman–Crippen LogP) is 4.19. The number of hydrogen-bond donors (Lipinski definition) is 1. The van der Waals surface area contributed by atoms with Gasteiger partial charge in [0.15, 0.2) is 0 Å². The molecule has 0 fully saturated rings. The predicted molar refractivity (Wildman–Crippen MR) is 76.9 cm³/mol. The first-order valence-electron chi connectivity index (χ1n) is 6.96.